The number of carbonyl (C=O) groups excluding carboxylic acids is 2. The average Bonchev–Trinajstić information content (AvgIpc) is 2.92. The van der Waals surface area contributed by atoms with Crippen LogP contribution >= 0.6 is 0 Å². The summed E-state index contributed by atoms with van der Waals surface area (Å²) in [5.41, 5.74) is 0.879. The van der Waals surface area contributed by atoms with E-state index in [9.17, 15) is 19.8 Å². The molecule has 1 aliphatic carbocycles. The van der Waals surface area contributed by atoms with Gasteiger partial charge in [0.15, 0.2) is 0 Å². The third-order valence-electron chi connectivity index (χ3n) is 5.17. The smallest absolute Gasteiger partial charge is 0.227 e. The van der Waals surface area contributed by atoms with Crippen LogP contribution in [0, 0.1) is 11.8 Å². The van der Waals surface area contributed by atoms with E-state index in [1.807, 2.05) is 4.90 Å². The van der Waals surface area contributed by atoms with Crippen molar-refractivity contribution < 1.29 is 19.8 Å². The number of amides is 2. The minimum atomic E-state index is -0.540. The first-order valence-corrected chi connectivity index (χ1v) is 8.43. The summed E-state index contributed by atoms with van der Waals surface area (Å²) in [6.45, 7) is 2.82. The normalized spacial score (nSPS) is 29.2. The fourth-order valence-corrected chi connectivity index (χ4v) is 3.95. The molecule has 2 aliphatic rings. The van der Waals surface area contributed by atoms with E-state index in [0.717, 1.165) is 5.56 Å². The van der Waals surface area contributed by atoms with Crippen molar-refractivity contribution in [2.24, 2.45) is 11.8 Å². The molecule has 4 atom stereocenters. The lowest BCUT2D eigenvalue weighted by atomic mass is 9.77. The largest absolute Gasteiger partial charge is 0.508 e. The van der Waals surface area contributed by atoms with E-state index in [1.54, 1.807) is 24.3 Å². The summed E-state index contributed by atoms with van der Waals surface area (Å²) in [5, 5.41) is 22.3. The molecule has 0 radical (unpaired) electrons. The van der Waals surface area contributed by atoms with E-state index in [0.29, 0.717) is 44.2 Å². The number of nitrogens with one attached hydrogen (secondary N) is 1. The number of fused-ring (bicyclic) bond motifs is 1. The molecule has 0 unspecified atom stereocenters. The van der Waals surface area contributed by atoms with Crippen LogP contribution in [0.15, 0.2) is 24.3 Å². The highest BCUT2D eigenvalue weighted by Gasteiger charge is 2.43. The third-order valence-corrected chi connectivity index (χ3v) is 5.17. The first-order chi connectivity index (χ1) is 11.4. The Kier molecular flexibility index (Phi) is 4.76. The van der Waals surface area contributed by atoms with Crippen molar-refractivity contribution in [3.63, 3.8) is 0 Å². The maximum Gasteiger partial charge on any atom is 0.227 e. The van der Waals surface area contributed by atoms with Gasteiger partial charge in [0.1, 0.15) is 5.75 Å². The molecule has 130 valence electrons. The van der Waals surface area contributed by atoms with Crippen molar-refractivity contribution in [3.8, 4) is 5.75 Å². The summed E-state index contributed by atoms with van der Waals surface area (Å²) in [6.07, 6.45) is 1.12. The Morgan fingerprint density at radius 3 is 2.42 bits per heavy atom. The monoisotopic (exact) mass is 332 g/mol. The Morgan fingerprint density at radius 2 is 1.79 bits per heavy atom. The van der Waals surface area contributed by atoms with Gasteiger partial charge in [0, 0.05) is 20.0 Å². The Hall–Kier alpha value is -2.08. The quantitative estimate of drug-likeness (QED) is 0.759. The van der Waals surface area contributed by atoms with Gasteiger partial charge in [-0.3, -0.25) is 9.59 Å². The van der Waals surface area contributed by atoms with E-state index < -0.39 is 6.10 Å². The van der Waals surface area contributed by atoms with E-state index in [2.05, 4.69) is 5.32 Å². The Morgan fingerprint density at radius 1 is 1.17 bits per heavy atom. The predicted molar refractivity (Wildman–Crippen MR) is 88.2 cm³/mol. The SMILES string of the molecule is CC(=O)N[C@@H]1C[C@@H]2CN(C(=O)Cc3ccc(O)cc3)C[C@@H]2C[C@H]1O. The number of phenols is 1. The second kappa shape index (κ2) is 6.81. The topological polar surface area (TPSA) is 89.9 Å². The number of hydrogen-bond acceptors (Lipinski definition) is 4. The third kappa shape index (κ3) is 3.70. The zero-order valence-corrected chi connectivity index (χ0v) is 13.8. The van der Waals surface area contributed by atoms with Crippen molar-refractivity contribution in [2.45, 2.75) is 38.3 Å². The van der Waals surface area contributed by atoms with Gasteiger partial charge in [-0.15, -0.1) is 0 Å². The molecule has 1 heterocycles. The van der Waals surface area contributed by atoms with Crippen molar-refractivity contribution in [3.05, 3.63) is 29.8 Å². The molecular formula is C18H24N2O4. The van der Waals surface area contributed by atoms with Crippen LogP contribution in [0.2, 0.25) is 0 Å². The fourth-order valence-electron chi connectivity index (χ4n) is 3.95. The summed E-state index contributed by atoms with van der Waals surface area (Å²) in [6, 6.07) is 6.47. The molecule has 0 aromatic heterocycles. The van der Waals surface area contributed by atoms with E-state index >= 15 is 0 Å². The second-order valence-corrected chi connectivity index (χ2v) is 7.01. The number of aromatic hydroxyl groups is 1. The lowest BCUT2D eigenvalue weighted by Crippen LogP contribution is -2.48. The molecule has 6 heteroatoms. The molecule has 0 spiro atoms. The van der Waals surface area contributed by atoms with Crippen molar-refractivity contribution >= 4 is 11.8 Å². The molecule has 2 fully saturated rings. The maximum atomic E-state index is 12.5. The van der Waals surface area contributed by atoms with Crippen LogP contribution in [0.4, 0.5) is 0 Å². The van der Waals surface area contributed by atoms with Gasteiger partial charge in [-0.25, -0.2) is 0 Å². The van der Waals surface area contributed by atoms with Crippen LogP contribution in [0.25, 0.3) is 0 Å². The summed E-state index contributed by atoms with van der Waals surface area (Å²) < 4.78 is 0. The Labute approximate surface area is 141 Å². The highest BCUT2D eigenvalue weighted by atomic mass is 16.3. The van der Waals surface area contributed by atoms with Gasteiger partial charge in [0.25, 0.3) is 0 Å². The number of benzene rings is 1. The number of carbonyl (C=O) groups is 2. The molecule has 0 bridgehead atoms. The second-order valence-electron chi connectivity index (χ2n) is 7.01. The molecule has 1 saturated carbocycles. The van der Waals surface area contributed by atoms with Crippen LogP contribution in [0.5, 0.6) is 5.75 Å². The van der Waals surface area contributed by atoms with Gasteiger partial charge < -0.3 is 20.4 Å². The minimum absolute atomic E-state index is 0.0701. The molecule has 3 N–H and O–H groups in total. The molecule has 6 nitrogen and oxygen atoms in total. The van der Waals surface area contributed by atoms with Crippen molar-refractivity contribution in [1.82, 2.24) is 10.2 Å². The van der Waals surface area contributed by atoms with E-state index in [-0.39, 0.29) is 23.6 Å². The molecule has 24 heavy (non-hydrogen) atoms. The van der Waals surface area contributed by atoms with Crippen molar-refractivity contribution in [2.75, 3.05) is 13.1 Å². The van der Waals surface area contributed by atoms with Crippen LogP contribution in [-0.2, 0) is 16.0 Å². The summed E-state index contributed by atoms with van der Waals surface area (Å²) in [4.78, 5) is 25.6. The van der Waals surface area contributed by atoms with Crippen LogP contribution < -0.4 is 5.32 Å². The van der Waals surface area contributed by atoms with Gasteiger partial charge in [-0.1, -0.05) is 12.1 Å². The number of rotatable bonds is 3. The van der Waals surface area contributed by atoms with Gasteiger partial charge in [0.2, 0.25) is 11.8 Å². The summed E-state index contributed by atoms with van der Waals surface area (Å²) in [7, 11) is 0. The average molecular weight is 332 g/mol. The highest BCUT2D eigenvalue weighted by molar-refractivity contribution is 5.79. The van der Waals surface area contributed by atoms with Gasteiger partial charge in [-0.05, 0) is 42.4 Å². The summed E-state index contributed by atoms with van der Waals surface area (Å²) >= 11 is 0. The van der Waals surface area contributed by atoms with Crippen LogP contribution in [0.1, 0.15) is 25.3 Å². The fraction of sp³-hybridized carbons (Fsp3) is 0.556. The Balaban J connectivity index is 1.59. The number of likely N-dealkylation sites (tertiary alicyclic amines) is 1. The molecule has 2 amide bonds. The molecule has 1 aromatic carbocycles. The first-order valence-electron chi connectivity index (χ1n) is 8.43. The first kappa shape index (κ1) is 16.8. The predicted octanol–water partition coefficient (Wildman–Crippen LogP) is 0.669. The standard InChI is InChI=1S/C18H24N2O4/c1-11(21)19-16-7-13-9-20(10-14(13)8-17(16)23)18(24)6-12-2-4-15(22)5-3-12/h2-5,13-14,16-17,22-23H,6-10H2,1H3,(H,19,21)/t13-,14+,16-,17-/m1/s1. The molecule has 1 aromatic rings. The molecule has 1 saturated heterocycles. The number of phenolic OH excluding ortho intramolecular Hbond substituents is 1. The van der Waals surface area contributed by atoms with E-state index in [4.69, 9.17) is 0 Å². The molecule has 1 aliphatic heterocycles. The van der Waals surface area contributed by atoms with Gasteiger partial charge in [0.05, 0.1) is 18.6 Å². The molecule has 3 rings (SSSR count). The lowest BCUT2D eigenvalue weighted by Gasteiger charge is -2.35. The van der Waals surface area contributed by atoms with E-state index in [1.165, 1.54) is 6.92 Å². The lowest BCUT2D eigenvalue weighted by molar-refractivity contribution is -0.129. The number of aliphatic hydroxyl groups excluding tert-OH is 1. The molecular weight excluding hydrogens is 308 g/mol. The van der Waals surface area contributed by atoms with Crippen LogP contribution in [-0.4, -0.2) is 52.2 Å². The number of hydrogen-bond donors (Lipinski definition) is 3. The zero-order valence-electron chi connectivity index (χ0n) is 13.8. The Bertz CT molecular complexity index is 616. The van der Waals surface area contributed by atoms with Crippen LogP contribution in [0.3, 0.4) is 0 Å². The van der Waals surface area contributed by atoms with Crippen molar-refractivity contribution in [1.29, 1.82) is 0 Å². The minimum Gasteiger partial charge on any atom is -0.508 e. The maximum absolute atomic E-state index is 12.5. The number of nitrogens with zero attached hydrogens (tertiary/aromatic N) is 1. The highest BCUT2D eigenvalue weighted by Crippen LogP contribution is 2.36. The number of aliphatic hydroxyl groups is 1. The van der Waals surface area contributed by atoms with Gasteiger partial charge in [-0.2, -0.15) is 0 Å². The zero-order chi connectivity index (χ0) is 17.3. The van der Waals surface area contributed by atoms with Gasteiger partial charge >= 0.3 is 0 Å². The summed E-state index contributed by atoms with van der Waals surface area (Å²) in [5.74, 6) is 0.760.